The zero-order valence-electron chi connectivity index (χ0n) is 16.7. The highest BCUT2D eigenvalue weighted by molar-refractivity contribution is 8.00. The molecule has 1 unspecified atom stereocenters. The molecule has 0 fully saturated rings. The average Bonchev–Trinajstić information content (AvgIpc) is 3.25. The van der Waals surface area contributed by atoms with Gasteiger partial charge in [-0.15, -0.1) is 11.3 Å². The van der Waals surface area contributed by atoms with Gasteiger partial charge in [-0.3, -0.25) is 0 Å². The second-order valence-corrected chi connectivity index (χ2v) is 11.7. The van der Waals surface area contributed by atoms with Crippen LogP contribution in [0.15, 0.2) is 59.5 Å². The smallest absolute Gasteiger partial charge is 0.0989 e. The second kappa shape index (κ2) is 7.98. The van der Waals surface area contributed by atoms with Crippen LogP contribution in [0.5, 0.6) is 0 Å². The molecule has 0 amide bonds. The molecule has 1 aromatic heterocycles. The van der Waals surface area contributed by atoms with E-state index in [1.807, 2.05) is 12.1 Å². The van der Waals surface area contributed by atoms with Gasteiger partial charge in [-0.1, -0.05) is 53.7 Å². The number of rotatable bonds is 5. The zero-order valence-corrected chi connectivity index (χ0v) is 19.9. The van der Waals surface area contributed by atoms with Crippen molar-refractivity contribution in [3.8, 4) is 0 Å². The van der Waals surface area contributed by atoms with Crippen LogP contribution in [0.25, 0.3) is 20.9 Å². The summed E-state index contributed by atoms with van der Waals surface area (Å²) in [6.07, 6.45) is 0.656. The molecule has 0 N–H and O–H groups in total. The highest BCUT2D eigenvalue weighted by Crippen LogP contribution is 2.49. The van der Waals surface area contributed by atoms with E-state index in [-0.39, 0.29) is 5.37 Å². The highest BCUT2D eigenvalue weighted by Gasteiger charge is 2.32. The molecule has 4 nitrogen and oxygen atoms in total. The molecule has 8 heteroatoms. The summed E-state index contributed by atoms with van der Waals surface area (Å²) >= 11 is 9.52. The van der Waals surface area contributed by atoms with Gasteiger partial charge in [0.1, 0.15) is 0 Å². The van der Waals surface area contributed by atoms with Crippen LogP contribution in [-0.4, -0.2) is 24.9 Å². The Labute approximate surface area is 194 Å². The summed E-state index contributed by atoms with van der Waals surface area (Å²) in [6.45, 7) is 2.97. The summed E-state index contributed by atoms with van der Waals surface area (Å²) in [4.78, 5) is 4.55. The van der Waals surface area contributed by atoms with Gasteiger partial charge >= 0.3 is 0 Å². The van der Waals surface area contributed by atoms with E-state index < -0.39 is 15.9 Å². The number of likely N-dealkylation sites (N-methyl/N-ethyl adjacent to an activating group) is 1. The lowest BCUT2D eigenvalue weighted by Crippen LogP contribution is -2.30. The predicted molar refractivity (Wildman–Crippen MR) is 131 cm³/mol. The average molecular weight is 489 g/mol. The number of halogens is 1. The van der Waals surface area contributed by atoms with Gasteiger partial charge in [0, 0.05) is 37.8 Å². The molecule has 0 aliphatic carbocycles. The fraction of sp³-hybridized carbons (Fsp3) is 0.217. The zero-order chi connectivity index (χ0) is 21.8. The van der Waals surface area contributed by atoms with Crippen LogP contribution < -0.4 is 4.90 Å². The van der Waals surface area contributed by atoms with Crippen molar-refractivity contribution in [2.45, 2.75) is 29.4 Å². The maximum atomic E-state index is 11.7. The lowest BCUT2D eigenvalue weighted by molar-refractivity contribution is 0.462. The normalized spacial score (nSPS) is 16.4. The monoisotopic (exact) mass is 488 g/mol. The Morgan fingerprint density at radius 1 is 1.10 bits per heavy atom. The minimum Gasteiger partial charge on any atom is -0.748 e. The fourth-order valence-corrected chi connectivity index (χ4v) is 8.03. The number of hydrogen-bond acceptors (Lipinski definition) is 6. The van der Waals surface area contributed by atoms with Crippen LogP contribution in [0.3, 0.4) is 0 Å². The molecule has 3 aromatic carbocycles. The molecular formula is C23H19ClNO3S3-. The number of hydrogen-bond donors (Lipinski definition) is 0. The third-order valence-corrected chi connectivity index (χ3v) is 9.01. The Bertz CT molecular complexity index is 1410. The first kappa shape index (κ1) is 21.1. The van der Waals surface area contributed by atoms with Gasteiger partial charge in [-0.05, 0) is 47.5 Å². The van der Waals surface area contributed by atoms with Gasteiger partial charge in [-0.25, -0.2) is 8.42 Å². The summed E-state index contributed by atoms with van der Waals surface area (Å²) < 4.78 is 35.9. The van der Waals surface area contributed by atoms with Gasteiger partial charge in [0.25, 0.3) is 0 Å². The largest absolute Gasteiger partial charge is 0.748 e. The molecule has 31 heavy (non-hydrogen) atoms. The number of thioether (sulfide) groups is 1. The van der Waals surface area contributed by atoms with Crippen molar-refractivity contribution in [1.29, 1.82) is 0 Å². The van der Waals surface area contributed by atoms with E-state index in [1.165, 1.54) is 21.4 Å². The van der Waals surface area contributed by atoms with Crippen molar-refractivity contribution < 1.29 is 13.0 Å². The van der Waals surface area contributed by atoms with Crippen molar-refractivity contribution in [1.82, 2.24) is 0 Å². The van der Waals surface area contributed by atoms with E-state index >= 15 is 0 Å². The summed E-state index contributed by atoms with van der Waals surface area (Å²) in [5, 5.41) is 3.85. The first-order valence-electron chi connectivity index (χ1n) is 9.92. The molecule has 0 bridgehead atoms. The number of nitrogens with zero attached hydrogens (tertiary/aromatic N) is 1. The molecule has 1 atom stereocenters. The molecule has 5 rings (SSSR count). The summed E-state index contributed by atoms with van der Waals surface area (Å²) in [6, 6.07) is 18.1. The molecule has 0 radical (unpaired) electrons. The third-order valence-electron chi connectivity index (χ3n) is 5.62. The molecule has 160 valence electrons. The van der Waals surface area contributed by atoms with E-state index in [4.69, 9.17) is 11.6 Å². The maximum absolute atomic E-state index is 11.7. The molecule has 1 aliphatic heterocycles. The van der Waals surface area contributed by atoms with Gasteiger partial charge in [0.05, 0.1) is 26.9 Å². The lowest BCUT2D eigenvalue weighted by atomic mass is 10.1. The van der Waals surface area contributed by atoms with Gasteiger partial charge in [-0.2, -0.15) is 0 Å². The molecule has 0 spiro atoms. The van der Waals surface area contributed by atoms with E-state index in [9.17, 15) is 13.0 Å². The lowest BCUT2D eigenvalue weighted by Gasteiger charge is -2.26. The van der Waals surface area contributed by atoms with Crippen molar-refractivity contribution in [3.05, 3.63) is 70.1 Å². The Morgan fingerprint density at radius 2 is 1.90 bits per heavy atom. The summed E-state index contributed by atoms with van der Waals surface area (Å²) in [7, 11) is -4.42. The highest BCUT2D eigenvalue weighted by atomic mass is 35.5. The van der Waals surface area contributed by atoms with Crippen molar-refractivity contribution in [2.24, 2.45) is 0 Å². The molecular weight excluding hydrogens is 470 g/mol. The second-order valence-electron chi connectivity index (χ2n) is 7.54. The number of fused-ring (bicyclic) bond motifs is 4. The van der Waals surface area contributed by atoms with Crippen molar-refractivity contribution >= 4 is 71.4 Å². The van der Waals surface area contributed by atoms with Crippen LogP contribution in [0.1, 0.15) is 17.4 Å². The number of anilines is 1. The Morgan fingerprint density at radius 3 is 2.68 bits per heavy atom. The first-order chi connectivity index (χ1) is 14.8. The van der Waals surface area contributed by atoms with Crippen LogP contribution in [0, 0.1) is 0 Å². The van der Waals surface area contributed by atoms with E-state index in [1.54, 1.807) is 35.2 Å². The topological polar surface area (TPSA) is 60.4 Å². The maximum Gasteiger partial charge on any atom is 0.0989 e. The summed E-state index contributed by atoms with van der Waals surface area (Å²) in [5.74, 6) is -0.512. The van der Waals surface area contributed by atoms with Gasteiger partial charge in [0.15, 0.2) is 0 Å². The number of thiophene rings is 1. The molecule has 0 saturated heterocycles. The quantitative estimate of drug-likeness (QED) is 0.310. The minimum atomic E-state index is -4.42. The molecule has 0 saturated carbocycles. The van der Waals surface area contributed by atoms with Crippen molar-refractivity contribution in [2.75, 3.05) is 11.4 Å². The summed E-state index contributed by atoms with van der Waals surface area (Å²) in [5.41, 5.74) is 1.83. The fourth-order valence-electron chi connectivity index (χ4n) is 4.32. The Hall–Kier alpha value is -1.77. The first-order valence-corrected chi connectivity index (χ1v) is 13.6. The van der Waals surface area contributed by atoms with E-state index in [0.29, 0.717) is 17.0 Å². The van der Waals surface area contributed by atoms with Crippen LogP contribution in [0.4, 0.5) is 5.69 Å². The van der Waals surface area contributed by atoms with Crippen LogP contribution >= 0.6 is 34.7 Å². The SMILES string of the molecule is CCN1c2c(ccc3ccccc23)SC1Cc1sc2ccc(Cl)cc2c1CS(=O)(=O)[O-]. The molecule has 4 aromatic rings. The third kappa shape index (κ3) is 3.94. The molecule has 1 aliphatic rings. The molecule has 2 heterocycles. The van der Waals surface area contributed by atoms with Crippen molar-refractivity contribution in [3.63, 3.8) is 0 Å². The van der Waals surface area contributed by atoms with Gasteiger partial charge < -0.3 is 9.45 Å². The van der Waals surface area contributed by atoms with Crippen LogP contribution in [-0.2, 0) is 22.3 Å². The van der Waals surface area contributed by atoms with E-state index in [2.05, 4.69) is 42.2 Å². The van der Waals surface area contributed by atoms with Gasteiger partial charge in [0.2, 0.25) is 0 Å². The Balaban J connectivity index is 1.58. The van der Waals surface area contributed by atoms with E-state index in [0.717, 1.165) is 21.5 Å². The Kier molecular flexibility index (Phi) is 5.43. The minimum absolute atomic E-state index is 0.127. The number of benzene rings is 3. The van der Waals surface area contributed by atoms with Crippen LogP contribution in [0.2, 0.25) is 5.02 Å². The predicted octanol–water partition coefficient (Wildman–Crippen LogP) is 6.25. The standard InChI is InChI=1S/C23H20ClNO3S3/c1-2-25-22(30-20-9-7-14-5-3-4-6-16(14)23(20)25)12-21-18(13-31(26,27)28)17-11-15(24)8-10-19(17)29-21/h3-11,22H,2,12-13H2,1H3,(H,26,27,28)/p-1.